The summed E-state index contributed by atoms with van der Waals surface area (Å²) in [5.41, 5.74) is 2.44. The van der Waals surface area contributed by atoms with Gasteiger partial charge in [0, 0.05) is 18.5 Å². The lowest BCUT2D eigenvalue weighted by Crippen LogP contribution is -2.42. The molecule has 4 nitrogen and oxygen atoms in total. The van der Waals surface area contributed by atoms with Crippen LogP contribution in [0, 0.1) is 5.92 Å². The number of hydrogen-bond acceptors (Lipinski definition) is 3. The van der Waals surface area contributed by atoms with Crippen LogP contribution in [0.3, 0.4) is 0 Å². The summed E-state index contributed by atoms with van der Waals surface area (Å²) >= 11 is 0. The Balaban J connectivity index is 1.23. The first-order valence-corrected chi connectivity index (χ1v) is 11.0. The predicted octanol–water partition coefficient (Wildman–Crippen LogP) is 4.54. The number of piperidine rings is 1. The molecule has 29 heavy (non-hydrogen) atoms. The Hall–Kier alpha value is -2.33. The van der Waals surface area contributed by atoms with Crippen molar-refractivity contribution in [3.05, 3.63) is 65.7 Å². The number of amides is 1. The summed E-state index contributed by atoms with van der Waals surface area (Å²) in [5.74, 6) is 1.39. The molecular weight excluding hydrogens is 360 g/mol. The lowest BCUT2D eigenvalue weighted by Gasteiger charge is -2.32. The average molecular weight is 393 g/mol. The summed E-state index contributed by atoms with van der Waals surface area (Å²) in [6, 6.07) is 19.1. The van der Waals surface area contributed by atoms with E-state index in [1.165, 1.54) is 24.0 Å². The number of benzene rings is 2. The van der Waals surface area contributed by atoms with Gasteiger partial charge in [-0.1, -0.05) is 55.3 Å². The smallest absolute Gasteiger partial charge is 0.223 e. The molecule has 1 saturated heterocycles. The van der Waals surface area contributed by atoms with Crippen LogP contribution >= 0.6 is 0 Å². The van der Waals surface area contributed by atoms with Crippen molar-refractivity contribution in [3.8, 4) is 5.75 Å². The fraction of sp³-hybridized carbons (Fsp3) is 0.480. The number of carbonyl (C=O) groups excluding carboxylic acids is 1. The van der Waals surface area contributed by atoms with Gasteiger partial charge in [0.15, 0.2) is 0 Å². The highest BCUT2D eigenvalue weighted by Gasteiger charge is 2.27. The van der Waals surface area contributed by atoms with Crippen LogP contribution in [0.5, 0.6) is 5.75 Å². The van der Waals surface area contributed by atoms with Gasteiger partial charge >= 0.3 is 0 Å². The van der Waals surface area contributed by atoms with Crippen LogP contribution < -0.4 is 10.1 Å². The molecule has 0 radical (unpaired) electrons. The first kappa shape index (κ1) is 20.0. The van der Waals surface area contributed by atoms with E-state index in [0.717, 1.165) is 51.1 Å². The number of rotatable bonds is 7. The molecule has 1 aliphatic heterocycles. The zero-order valence-electron chi connectivity index (χ0n) is 17.2. The third-order valence-corrected chi connectivity index (χ3v) is 6.21. The van der Waals surface area contributed by atoms with Crippen LogP contribution in [0.4, 0.5) is 0 Å². The second-order valence-corrected chi connectivity index (χ2v) is 8.46. The number of carbonyl (C=O) groups is 1. The van der Waals surface area contributed by atoms with E-state index in [1.54, 1.807) is 0 Å². The molecule has 0 spiro atoms. The molecule has 154 valence electrons. The van der Waals surface area contributed by atoms with Crippen molar-refractivity contribution in [3.63, 3.8) is 0 Å². The van der Waals surface area contributed by atoms with Crippen LogP contribution in [-0.2, 0) is 17.9 Å². The molecular formula is C25H32N2O2. The van der Waals surface area contributed by atoms with Gasteiger partial charge in [0.1, 0.15) is 12.4 Å². The fourth-order valence-electron chi connectivity index (χ4n) is 4.48. The maximum Gasteiger partial charge on any atom is 0.223 e. The molecule has 1 heterocycles. The number of ether oxygens (including phenoxy) is 1. The summed E-state index contributed by atoms with van der Waals surface area (Å²) in [6.07, 6.45) is 6.76. The number of nitrogens with zero attached hydrogens (tertiary/aromatic N) is 1. The Kier molecular flexibility index (Phi) is 6.83. The van der Waals surface area contributed by atoms with E-state index < -0.39 is 0 Å². The topological polar surface area (TPSA) is 41.6 Å². The van der Waals surface area contributed by atoms with Crippen LogP contribution in [0.25, 0.3) is 0 Å². The molecule has 1 amide bonds. The summed E-state index contributed by atoms with van der Waals surface area (Å²) < 4.78 is 5.96. The van der Waals surface area contributed by atoms with Crippen molar-refractivity contribution >= 4 is 5.91 Å². The van der Waals surface area contributed by atoms with Crippen molar-refractivity contribution in [2.24, 2.45) is 5.92 Å². The third-order valence-electron chi connectivity index (χ3n) is 6.21. The molecule has 4 rings (SSSR count). The molecule has 0 atom stereocenters. The maximum absolute atomic E-state index is 12.5. The normalized spacial score (nSPS) is 18.6. The lowest BCUT2D eigenvalue weighted by atomic mass is 9.95. The van der Waals surface area contributed by atoms with E-state index in [9.17, 15) is 4.79 Å². The van der Waals surface area contributed by atoms with Gasteiger partial charge in [-0.05, 0) is 62.0 Å². The lowest BCUT2D eigenvalue weighted by molar-refractivity contribution is -0.127. The van der Waals surface area contributed by atoms with E-state index in [-0.39, 0.29) is 11.8 Å². The van der Waals surface area contributed by atoms with E-state index in [4.69, 9.17) is 4.74 Å². The molecule has 0 unspecified atom stereocenters. The molecule has 0 aromatic heterocycles. The standard InChI is InChI=1S/C25H32N2O2/c28-25(26-23-10-4-5-11-23)22-13-15-27(16-14-22)18-21-9-6-12-24(17-21)29-19-20-7-2-1-3-8-20/h1-3,6-9,12,17,22-23H,4-5,10-11,13-16,18-19H2,(H,26,28). The largest absolute Gasteiger partial charge is 0.489 e. The van der Waals surface area contributed by atoms with Gasteiger partial charge < -0.3 is 10.1 Å². The fourth-order valence-corrected chi connectivity index (χ4v) is 4.48. The van der Waals surface area contributed by atoms with E-state index in [2.05, 4.69) is 40.5 Å². The van der Waals surface area contributed by atoms with Gasteiger partial charge in [-0.25, -0.2) is 0 Å². The monoisotopic (exact) mass is 392 g/mol. The average Bonchev–Trinajstić information content (AvgIpc) is 3.27. The van der Waals surface area contributed by atoms with Gasteiger partial charge in [-0.3, -0.25) is 9.69 Å². The molecule has 1 aliphatic carbocycles. The molecule has 2 fully saturated rings. The van der Waals surface area contributed by atoms with Gasteiger partial charge in [0.2, 0.25) is 5.91 Å². The molecule has 1 N–H and O–H groups in total. The molecule has 2 aliphatic rings. The molecule has 2 aromatic carbocycles. The SMILES string of the molecule is O=C(NC1CCCC1)C1CCN(Cc2cccc(OCc3ccccc3)c2)CC1. The summed E-state index contributed by atoms with van der Waals surface area (Å²) in [7, 11) is 0. The van der Waals surface area contributed by atoms with Gasteiger partial charge in [0.05, 0.1) is 0 Å². The van der Waals surface area contributed by atoms with E-state index >= 15 is 0 Å². The number of likely N-dealkylation sites (tertiary alicyclic amines) is 1. The van der Waals surface area contributed by atoms with Crippen LogP contribution in [0.15, 0.2) is 54.6 Å². The minimum absolute atomic E-state index is 0.187. The van der Waals surface area contributed by atoms with Crippen LogP contribution in [-0.4, -0.2) is 29.9 Å². The van der Waals surface area contributed by atoms with Crippen LogP contribution in [0.2, 0.25) is 0 Å². The quantitative estimate of drug-likeness (QED) is 0.752. The van der Waals surface area contributed by atoms with Crippen molar-refractivity contribution in [1.82, 2.24) is 10.2 Å². The van der Waals surface area contributed by atoms with E-state index in [0.29, 0.717) is 12.6 Å². The minimum Gasteiger partial charge on any atom is -0.489 e. The predicted molar refractivity (Wildman–Crippen MR) is 116 cm³/mol. The van der Waals surface area contributed by atoms with Gasteiger partial charge in [-0.2, -0.15) is 0 Å². The Labute approximate surface area is 174 Å². The minimum atomic E-state index is 0.187. The zero-order valence-corrected chi connectivity index (χ0v) is 17.2. The second-order valence-electron chi connectivity index (χ2n) is 8.46. The van der Waals surface area contributed by atoms with Crippen molar-refractivity contribution in [1.29, 1.82) is 0 Å². The van der Waals surface area contributed by atoms with Crippen molar-refractivity contribution < 1.29 is 9.53 Å². The van der Waals surface area contributed by atoms with Gasteiger partial charge in [-0.15, -0.1) is 0 Å². The van der Waals surface area contributed by atoms with E-state index in [1.807, 2.05) is 24.3 Å². The highest BCUT2D eigenvalue weighted by atomic mass is 16.5. The highest BCUT2D eigenvalue weighted by Crippen LogP contribution is 2.23. The summed E-state index contributed by atoms with van der Waals surface area (Å²) in [6.45, 7) is 3.47. The van der Waals surface area contributed by atoms with Crippen molar-refractivity contribution in [2.45, 2.75) is 57.7 Å². The zero-order chi connectivity index (χ0) is 19.9. The second kappa shape index (κ2) is 9.93. The molecule has 4 heteroatoms. The summed E-state index contributed by atoms with van der Waals surface area (Å²) in [4.78, 5) is 15.0. The number of hydrogen-bond donors (Lipinski definition) is 1. The third kappa shape index (κ3) is 5.83. The first-order chi connectivity index (χ1) is 14.3. The molecule has 2 aromatic rings. The van der Waals surface area contributed by atoms with Crippen LogP contribution in [0.1, 0.15) is 49.7 Å². The summed E-state index contributed by atoms with van der Waals surface area (Å²) in [5, 5.41) is 3.27. The maximum atomic E-state index is 12.5. The van der Waals surface area contributed by atoms with Gasteiger partial charge in [0.25, 0.3) is 0 Å². The highest BCUT2D eigenvalue weighted by molar-refractivity contribution is 5.79. The van der Waals surface area contributed by atoms with Crippen molar-refractivity contribution in [2.75, 3.05) is 13.1 Å². The Bertz CT molecular complexity index is 778. The first-order valence-electron chi connectivity index (χ1n) is 11.0. The Morgan fingerprint density at radius 1 is 0.931 bits per heavy atom. The Morgan fingerprint density at radius 3 is 2.41 bits per heavy atom. The number of nitrogens with one attached hydrogen (secondary N) is 1. The molecule has 1 saturated carbocycles. The molecule has 0 bridgehead atoms. The Morgan fingerprint density at radius 2 is 1.66 bits per heavy atom.